The summed E-state index contributed by atoms with van der Waals surface area (Å²) in [6, 6.07) is 11.4. The molecule has 0 radical (unpaired) electrons. The number of hydrogen-bond acceptors (Lipinski definition) is 4. The first kappa shape index (κ1) is 14.4. The molecule has 0 atom stereocenters. The van der Waals surface area contributed by atoms with Gasteiger partial charge in [0.25, 0.3) is 5.91 Å². The van der Waals surface area contributed by atoms with Crippen LogP contribution < -0.4 is 10.5 Å². The molecule has 1 saturated carbocycles. The number of hydrogen-bond donors (Lipinski definition) is 1. The molecule has 1 amide bonds. The van der Waals surface area contributed by atoms with Crippen LogP contribution in [0.5, 0.6) is 5.75 Å². The van der Waals surface area contributed by atoms with Gasteiger partial charge in [0.05, 0.1) is 19.0 Å². The van der Waals surface area contributed by atoms with Gasteiger partial charge in [0.2, 0.25) is 0 Å². The Balaban J connectivity index is 1.84. The van der Waals surface area contributed by atoms with Crippen LogP contribution in [0.3, 0.4) is 0 Å². The van der Waals surface area contributed by atoms with E-state index in [0.29, 0.717) is 17.9 Å². The van der Waals surface area contributed by atoms with E-state index < -0.39 is 0 Å². The summed E-state index contributed by atoms with van der Waals surface area (Å²) in [5.74, 6) is 0.736. The Hall–Kier alpha value is -2.56. The van der Waals surface area contributed by atoms with Gasteiger partial charge in [-0.1, -0.05) is 18.2 Å². The number of carbonyl (C=O) groups excluding carboxylic acids is 1. The maximum atomic E-state index is 12.7. The lowest BCUT2D eigenvalue weighted by molar-refractivity contribution is 0.0723. The van der Waals surface area contributed by atoms with Crippen molar-refractivity contribution in [1.29, 1.82) is 0 Å². The van der Waals surface area contributed by atoms with Crippen molar-refractivity contribution >= 4 is 11.6 Å². The summed E-state index contributed by atoms with van der Waals surface area (Å²) in [5.41, 5.74) is 7.61. The zero-order chi connectivity index (χ0) is 15.5. The van der Waals surface area contributed by atoms with Gasteiger partial charge >= 0.3 is 0 Å². The fraction of sp³-hybridized carbons (Fsp3) is 0.294. The third kappa shape index (κ3) is 3.03. The van der Waals surface area contributed by atoms with Gasteiger partial charge in [0, 0.05) is 18.2 Å². The number of nitrogens with two attached hydrogens (primary N) is 1. The second-order valence-electron chi connectivity index (χ2n) is 5.45. The lowest BCUT2D eigenvalue weighted by atomic mass is 10.1. The van der Waals surface area contributed by atoms with E-state index >= 15 is 0 Å². The number of rotatable bonds is 5. The number of methoxy groups -OCH3 is 1. The molecule has 5 heteroatoms. The van der Waals surface area contributed by atoms with Gasteiger partial charge in [-0.2, -0.15) is 0 Å². The highest BCUT2D eigenvalue weighted by atomic mass is 16.5. The van der Waals surface area contributed by atoms with Gasteiger partial charge in [0.15, 0.2) is 0 Å². The van der Waals surface area contributed by atoms with Crippen LogP contribution in [0.15, 0.2) is 42.6 Å². The lowest BCUT2D eigenvalue weighted by Gasteiger charge is -2.23. The van der Waals surface area contributed by atoms with Crippen LogP contribution in [0.25, 0.3) is 0 Å². The molecule has 0 bridgehead atoms. The van der Waals surface area contributed by atoms with Crippen LogP contribution in [0.4, 0.5) is 5.69 Å². The van der Waals surface area contributed by atoms with Crippen LogP contribution in [0, 0.1) is 0 Å². The van der Waals surface area contributed by atoms with Gasteiger partial charge in [-0.15, -0.1) is 0 Å². The van der Waals surface area contributed by atoms with Crippen molar-refractivity contribution in [2.24, 2.45) is 0 Å². The van der Waals surface area contributed by atoms with Gasteiger partial charge in [-0.25, -0.2) is 4.98 Å². The van der Waals surface area contributed by atoms with E-state index in [2.05, 4.69) is 4.98 Å². The van der Waals surface area contributed by atoms with Crippen molar-refractivity contribution in [1.82, 2.24) is 9.88 Å². The van der Waals surface area contributed by atoms with Crippen molar-refractivity contribution in [3.63, 3.8) is 0 Å². The third-order valence-corrected chi connectivity index (χ3v) is 3.79. The van der Waals surface area contributed by atoms with E-state index in [1.807, 2.05) is 29.2 Å². The molecular formula is C17H19N3O2. The quantitative estimate of drug-likeness (QED) is 0.920. The highest BCUT2D eigenvalue weighted by Crippen LogP contribution is 2.31. The van der Waals surface area contributed by atoms with Crippen molar-refractivity contribution in [2.45, 2.75) is 25.4 Å². The highest BCUT2D eigenvalue weighted by molar-refractivity contribution is 5.93. The first-order valence-corrected chi connectivity index (χ1v) is 7.33. The minimum absolute atomic E-state index is 0.0617. The average Bonchev–Trinajstić information content (AvgIpc) is 3.38. The Morgan fingerprint density at radius 1 is 1.32 bits per heavy atom. The Bertz CT molecular complexity index is 666. The van der Waals surface area contributed by atoms with Crippen molar-refractivity contribution in [3.8, 4) is 5.75 Å². The minimum atomic E-state index is -0.0617. The van der Waals surface area contributed by atoms with E-state index in [4.69, 9.17) is 10.5 Å². The first-order chi connectivity index (χ1) is 10.7. The van der Waals surface area contributed by atoms with Crippen molar-refractivity contribution in [3.05, 3.63) is 53.9 Å². The molecule has 1 fully saturated rings. The molecule has 1 aromatic heterocycles. The zero-order valence-corrected chi connectivity index (χ0v) is 12.5. The topological polar surface area (TPSA) is 68.5 Å². The molecule has 1 aromatic carbocycles. The fourth-order valence-electron chi connectivity index (χ4n) is 2.45. The molecule has 2 N–H and O–H groups in total. The molecule has 3 rings (SSSR count). The fourth-order valence-corrected chi connectivity index (χ4v) is 2.45. The number of aromatic nitrogens is 1. The maximum Gasteiger partial charge on any atom is 0.272 e. The summed E-state index contributed by atoms with van der Waals surface area (Å²) in [4.78, 5) is 18.7. The standard InChI is InChI=1S/C17H19N3O2/c1-22-16-5-3-2-4-12(16)11-20(14-7-8-14)17(21)15-9-6-13(18)10-19-15/h2-6,9-10,14H,7-8,11,18H2,1H3. The lowest BCUT2D eigenvalue weighted by Crippen LogP contribution is -2.33. The smallest absolute Gasteiger partial charge is 0.272 e. The van der Waals surface area contributed by atoms with E-state index in [1.165, 1.54) is 6.20 Å². The highest BCUT2D eigenvalue weighted by Gasteiger charge is 2.34. The molecule has 0 saturated heterocycles. The SMILES string of the molecule is COc1ccccc1CN(C(=O)c1ccc(N)cn1)C1CC1. The number of benzene rings is 1. The zero-order valence-electron chi connectivity index (χ0n) is 12.5. The number of pyridine rings is 1. The Kier molecular flexibility index (Phi) is 3.96. The van der Waals surface area contributed by atoms with Crippen LogP contribution >= 0.6 is 0 Å². The summed E-state index contributed by atoms with van der Waals surface area (Å²) in [6.45, 7) is 0.527. The number of carbonyl (C=O) groups is 1. The third-order valence-electron chi connectivity index (χ3n) is 3.79. The molecular weight excluding hydrogens is 278 g/mol. The summed E-state index contributed by atoms with van der Waals surface area (Å²) in [6.07, 6.45) is 3.59. The molecule has 2 aromatic rings. The number of amides is 1. The Morgan fingerprint density at radius 2 is 2.09 bits per heavy atom. The monoisotopic (exact) mass is 297 g/mol. The van der Waals surface area contributed by atoms with E-state index in [1.54, 1.807) is 19.2 Å². The molecule has 1 aliphatic carbocycles. The van der Waals surface area contributed by atoms with Crippen LogP contribution in [0.2, 0.25) is 0 Å². The predicted octanol–water partition coefficient (Wildman–Crippen LogP) is 2.48. The van der Waals surface area contributed by atoms with E-state index in [0.717, 1.165) is 24.2 Å². The normalized spacial score (nSPS) is 13.7. The van der Waals surface area contributed by atoms with Gasteiger partial charge in [0.1, 0.15) is 11.4 Å². The molecule has 114 valence electrons. The average molecular weight is 297 g/mol. The molecule has 0 spiro atoms. The van der Waals surface area contributed by atoms with E-state index in [9.17, 15) is 4.79 Å². The molecule has 0 aliphatic heterocycles. The van der Waals surface area contributed by atoms with Crippen LogP contribution in [0.1, 0.15) is 28.9 Å². The Morgan fingerprint density at radius 3 is 2.73 bits per heavy atom. The summed E-state index contributed by atoms with van der Waals surface area (Å²) >= 11 is 0. The Labute approximate surface area is 129 Å². The van der Waals surface area contributed by atoms with Crippen molar-refractivity contribution < 1.29 is 9.53 Å². The predicted molar refractivity (Wildman–Crippen MR) is 84.5 cm³/mol. The number of nitrogens with zero attached hydrogens (tertiary/aromatic N) is 2. The molecule has 22 heavy (non-hydrogen) atoms. The van der Waals surface area contributed by atoms with Gasteiger partial charge < -0.3 is 15.4 Å². The van der Waals surface area contributed by atoms with Gasteiger partial charge in [-0.05, 0) is 31.0 Å². The number of nitrogen functional groups attached to an aromatic ring is 1. The van der Waals surface area contributed by atoms with Crippen molar-refractivity contribution in [2.75, 3.05) is 12.8 Å². The summed E-state index contributed by atoms with van der Waals surface area (Å²) in [5, 5.41) is 0. The minimum Gasteiger partial charge on any atom is -0.496 e. The van der Waals surface area contributed by atoms with Crippen LogP contribution in [-0.4, -0.2) is 28.9 Å². The molecule has 0 unspecified atom stereocenters. The molecule has 1 aliphatic rings. The van der Waals surface area contributed by atoms with Gasteiger partial charge in [-0.3, -0.25) is 4.79 Å². The first-order valence-electron chi connectivity index (χ1n) is 7.33. The van der Waals surface area contributed by atoms with E-state index in [-0.39, 0.29) is 11.9 Å². The molecule has 1 heterocycles. The second-order valence-corrected chi connectivity index (χ2v) is 5.45. The molecule has 5 nitrogen and oxygen atoms in total. The number of para-hydroxylation sites is 1. The summed E-state index contributed by atoms with van der Waals surface area (Å²) < 4.78 is 5.38. The second kappa shape index (κ2) is 6.05. The van der Waals surface area contributed by atoms with Crippen LogP contribution in [-0.2, 0) is 6.54 Å². The summed E-state index contributed by atoms with van der Waals surface area (Å²) in [7, 11) is 1.64. The number of anilines is 1. The number of ether oxygens (including phenoxy) is 1. The maximum absolute atomic E-state index is 12.7. The largest absolute Gasteiger partial charge is 0.496 e.